The molecule has 2 rings (SSSR count). The summed E-state index contributed by atoms with van der Waals surface area (Å²) in [5.41, 5.74) is 1.74. The van der Waals surface area contributed by atoms with Gasteiger partial charge in [-0.25, -0.2) is 4.98 Å². The van der Waals surface area contributed by atoms with Gasteiger partial charge < -0.3 is 14.4 Å². The third kappa shape index (κ3) is 3.57. The molecule has 0 saturated carbocycles. The van der Waals surface area contributed by atoms with E-state index >= 15 is 0 Å². The molecule has 5 nitrogen and oxygen atoms in total. The Kier molecular flexibility index (Phi) is 5.38. The number of ether oxygens (including phenoxy) is 2. The van der Waals surface area contributed by atoms with Crippen LogP contribution >= 0.6 is 11.3 Å². The summed E-state index contributed by atoms with van der Waals surface area (Å²) in [7, 11) is 5.01. The molecule has 6 heteroatoms. The van der Waals surface area contributed by atoms with E-state index in [1.54, 1.807) is 26.2 Å². The van der Waals surface area contributed by atoms with Crippen LogP contribution in [0, 0.1) is 0 Å². The Bertz CT molecular complexity index is 655. The second-order valence-corrected chi connectivity index (χ2v) is 5.66. The van der Waals surface area contributed by atoms with Crippen LogP contribution in [0.15, 0.2) is 23.6 Å². The second kappa shape index (κ2) is 7.26. The van der Waals surface area contributed by atoms with Crippen LogP contribution in [0.4, 0.5) is 0 Å². The summed E-state index contributed by atoms with van der Waals surface area (Å²) >= 11 is 1.52. The number of carbonyl (C=O) groups is 1. The maximum absolute atomic E-state index is 11.9. The molecule has 0 radical (unpaired) electrons. The topological polar surface area (TPSA) is 51.7 Å². The summed E-state index contributed by atoms with van der Waals surface area (Å²) in [4.78, 5) is 18.2. The number of methoxy groups -OCH3 is 2. The van der Waals surface area contributed by atoms with Gasteiger partial charge in [-0.3, -0.25) is 4.79 Å². The predicted molar refractivity (Wildman–Crippen MR) is 87.7 cm³/mol. The molecule has 2 aromatic rings. The molecule has 0 bridgehead atoms. The molecule has 0 aliphatic carbocycles. The van der Waals surface area contributed by atoms with Gasteiger partial charge in [0.1, 0.15) is 5.01 Å². The minimum Gasteiger partial charge on any atom is -0.493 e. The number of aromatic nitrogens is 1. The number of nitrogens with zero attached hydrogens (tertiary/aromatic N) is 2. The normalized spacial score (nSPS) is 10.4. The van der Waals surface area contributed by atoms with Crippen molar-refractivity contribution in [2.75, 3.05) is 27.8 Å². The van der Waals surface area contributed by atoms with Gasteiger partial charge in [0.15, 0.2) is 11.5 Å². The molecular weight excluding hydrogens is 300 g/mol. The van der Waals surface area contributed by atoms with Gasteiger partial charge in [-0.1, -0.05) is 0 Å². The monoisotopic (exact) mass is 320 g/mol. The summed E-state index contributed by atoms with van der Waals surface area (Å²) in [6, 6.07) is 5.68. The quantitative estimate of drug-likeness (QED) is 0.821. The lowest BCUT2D eigenvalue weighted by molar-refractivity contribution is -0.129. The zero-order valence-corrected chi connectivity index (χ0v) is 14.1. The molecule has 0 aliphatic heterocycles. The molecule has 1 heterocycles. The van der Waals surface area contributed by atoms with Gasteiger partial charge in [-0.05, 0) is 25.1 Å². The van der Waals surface area contributed by atoms with Gasteiger partial charge in [-0.2, -0.15) is 0 Å². The lowest BCUT2D eigenvalue weighted by atomic mass is 10.2. The van der Waals surface area contributed by atoms with Gasteiger partial charge in [0.2, 0.25) is 5.91 Å². The largest absolute Gasteiger partial charge is 0.493 e. The number of carbonyl (C=O) groups excluding carboxylic acids is 1. The lowest BCUT2D eigenvalue weighted by Crippen LogP contribution is -2.27. The number of benzene rings is 1. The first-order chi connectivity index (χ1) is 10.6. The highest BCUT2D eigenvalue weighted by Crippen LogP contribution is 2.33. The van der Waals surface area contributed by atoms with Crippen molar-refractivity contribution in [3.8, 4) is 22.1 Å². The van der Waals surface area contributed by atoms with Crippen LogP contribution in [-0.4, -0.2) is 43.6 Å². The molecule has 0 N–H and O–H groups in total. The zero-order valence-electron chi connectivity index (χ0n) is 13.3. The predicted octanol–water partition coefficient (Wildman–Crippen LogP) is 2.85. The van der Waals surface area contributed by atoms with Crippen molar-refractivity contribution in [3.63, 3.8) is 0 Å². The Morgan fingerprint density at radius 1 is 1.27 bits per heavy atom. The Balaban J connectivity index is 2.19. The summed E-state index contributed by atoms with van der Waals surface area (Å²) < 4.78 is 10.5. The van der Waals surface area contributed by atoms with E-state index in [1.807, 2.05) is 30.5 Å². The van der Waals surface area contributed by atoms with Gasteiger partial charge >= 0.3 is 0 Å². The molecule has 0 aliphatic rings. The highest BCUT2D eigenvalue weighted by atomic mass is 32.1. The Morgan fingerprint density at radius 2 is 2.00 bits per heavy atom. The number of likely N-dealkylation sites (N-methyl/N-ethyl adjacent to an activating group) is 1. The summed E-state index contributed by atoms with van der Waals surface area (Å²) in [6.07, 6.45) is 0.328. The second-order valence-electron chi connectivity index (χ2n) is 4.80. The van der Waals surface area contributed by atoms with Crippen molar-refractivity contribution in [3.05, 3.63) is 29.3 Å². The van der Waals surface area contributed by atoms with Crippen LogP contribution in [0.1, 0.15) is 12.6 Å². The van der Waals surface area contributed by atoms with E-state index in [0.29, 0.717) is 24.5 Å². The Labute approximate surface area is 134 Å². The van der Waals surface area contributed by atoms with Crippen molar-refractivity contribution < 1.29 is 14.3 Å². The van der Waals surface area contributed by atoms with E-state index in [4.69, 9.17) is 9.47 Å². The van der Waals surface area contributed by atoms with Crippen molar-refractivity contribution in [2.24, 2.45) is 0 Å². The summed E-state index contributed by atoms with van der Waals surface area (Å²) in [5, 5.41) is 2.79. The molecule has 1 aromatic heterocycles. The molecule has 0 atom stereocenters. The van der Waals surface area contributed by atoms with Crippen LogP contribution in [0.5, 0.6) is 11.5 Å². The zero-order chi connectivity index (χ0) is 16.1. The van der Waals surface area contributed by atoms with Crippen LogP contribution < -0.4 is 9.47 Å². The lowest BCUT2D eigenvalue weighted by Gasteiger charge is -2.13. The molecule has 0 fully saturated rings. The molecule has 118 valence electrons. The summed E-state index contributed by atoms with van der Waals surface area (Å²) in [5.74, 6) is 1.42. The van der Waals surface area contributed by atoms with Gasteiger partial charge in [0.25, 0.3) is 0 Å². The first-order valence-corrected chi connectivity index (χ1v) is 7.87. The highest BCUT2D eigenvalue weighted by Gasteiger charge is 2.13. The number of amides is 1. The molecule has 1 amide bonds. The molecule has 0 saturated heterocycles. The van der Waals surface area contributed by atoms with Crippen LogP contribution in [0.2, 0.25) is 0 Å². The minimum atomic E-state index is 0.0756. The number of hydrogen-bond acceptors (Lipinski definition) is 5. The maximum Gasteiger partial charge on any atom is 0.228 e. The van der Waals surface area contributed by atoms with E-state index in [9.17, 15) is 4.79 Å². The molecule has 0 spiro atoms. The molecular formula is C16H20N2O3S. The molecule has 22 heavy (non-hydrogen) atoms. The first kappa shape index (κ1) is 16.3. The summed E-state index contributed by atoms with van der Waals surface area (Å²) in [6.45, 7) is 2.65. The van der Waals surface area contributed by atoms with E-state index in [-0.39, 0.29) is 5.91 Å². The fourth-order valence-electron chi connectivity index (χ4n) is 1.96. The fourth-order valence-corrected chi connectivity index (χ4v) is 2.77. The van der Waals surface area contributed by atoms with Crippen LogP contribution in [0.25, 0.3) is 10.6 Å². The number of rotatable bonds is 6. The van der Waals surface area contributed by atoms with Crippen molar-refractivity contribution in [2.45, 2.75) is 13.3 Å². The van der Waals surface area contributed by atoms with Gasteiger partial charge in [-0.15, -0.1) is 11.3 Å². The van der Waals surface area contributed by atoms with Crippen molar-refractivity contribution in [1.29, 1.82) is 0 Å². The highest BCUT2D eigenvalue weighted by molar-refractivity contribution is 7.13. The minimum absolute atomic E-state index is 0.0756. The molecule has 1 aromatic carbocycles. The Morgan fingerprint density at radius 3 is 2.64 bits per heavy atom. The maximum atomic E-state index is 11.9. The average Bonchev–Trinajstić information content (AvgIpc) is 3.01. The van der Waals surface area contributed by atoms with Crippen LogP contribution in [-0.2, 0) is 11.2 Å². The third-order valence-corrected chi connectivity index (χ3v) is 4.35. The van der Waals surface area contributed by atoms with Gasteiger partial charge in [0.05, 0.1) is 26.3 Å². The Hall–Kier alpha value is -2.08. The van der Waals surface area contributed by atoms with Gasteiger partial charge in [0, 0.05) is 24.5 Å². The SMILES string of the molecule is CCN(C)C(=O)Cc1csc(-c2ccc(OC)c(OC)c2)n1. The smallest absolute Gasteiger partial charge is 0.228 e. The number of hydrogen-bond donors (Lipinski definition) is 0. The number of thiazole rings is 1. The van der Waals surface area contributed by atoms with Crippen LogP contribution in [0.3, 0.4) is 0 Å². The van der Waals surface area contributed by atoms with Crippen molar-refractivity contribution >= 4 is 17.2 Å². The van der Waals surface area contributed by atoms with Crippen molar-refractivity contribution in [1.82, 2.24) is 9.88 Å². The van der Waals surface area contributed by atoms with E-state index in [2.05, 4.69) is 4.98 Å². The van der Waals surface area contributed by atoms with E-state index < -0.39 is 0 Å². The molecule has 0 unspecified atom stereocenters. The average molecular weight is 320 g/mol. The standard InChI is InChI=1S/C16H20N2O3S/c1-5-18(2)15(19)9-12-10-22-16(17-12)11-6-7-13(20-3)14(8-11)21-4/h6-8,10H,5,9H2,1-4H3. The van der Waals surface area contributed by atoms with E-state index in [0.717, 1.165) is 16.3 Å². The first-order valence-electron chi connectivity index (χ1n) is 6.99. The third-order valence-electron chi connectivity index (χ3n) is 3.41. The van der Waals surface area contributed by atoms with E-state index in [1.165, 1.54) is 11.3 Å². The fraction of sp³-hybridized carbons (Fsp3) is 0.375.